The number of thioether (sulfide) groups is 1. The van der Waals surface area contributed by atoms with Crippen molar-refractivity contribution < 1.29 is 19.1 Å². The molecule has 1 saturated heterocycles. The van der Waals surface area contributed by atoms with Gasteiger partial charge >= 0.3 is 0 Å². The van der Waals surface area contributed by atoms with E-state index in [0.29, 0.717) is 26.4 Å². The van der Waals surface area contributed by atoms with E-state index in [1.807, 2.05) is 42.5 Å². The average molecular weight is 500 g/mol. The quantitative estimate of drug-likeness (QED) is 0.323. The second-order valence-corrected chi connectivity index (χ2v) is 8.86. The molecule has 0 spiro atoms. The first kappa shape index (κ1) is 23.2. The molecular weight excluding hydrogens is 481 g/mol. The fourth-order valence-corrected chi connectivity index (χ4v) is 4.47. The molecule has 1 aliphatic heterocycles. The first-order chi connectivity index (χ1) is 16.0. The van der Waals surface area contributed by atoms with Crippen LogP contribution in [0.3, 0.4) is 0 Å². The zero-order valence-corrected chi connectivity index (χ0v) is 19.7. The second-order valence-electron chi connectivity index (χ2n) is 7.05. The summed E-state index contributed by atoms with van der Waals surface area (Å²) in [5.74, 6) is 1.00. The van der Waals surface area contributed by atoms with Gasteiger partial charge in [0.1, 0.15) is 24.7 Å². The molecule has 0 aromatic heterocycles. The highest BCUT2D eigenvalue weighted by Gasteiger charge is 2.34. The number of benzene rings is 3. The number of rotatable bonds is 8. The molecule has 0 bridgehead atoms. The van der Waals surface area contributed by atoms with Crippen LogP contribution >= 0.6 is 35.0 Å². The van der Waals surface area contributed by atoms with Crippen molar-refractivity contribution in [3.63, 3.8) is 0 Å². The van der Waals surface area contributed by atoms with Gasteiger partial charge < -0.3 is 9.47 Å². The van der Waals surface area contributed by atoms with Crippen molar-refractivity contribution in [1.29, 1.82) is 0 Å². The van der Waals surface area contributed by atoms with E-state index < -0.39 is 0 Å². The van der Waals surface area contributed by atoms with Crippen LogP contribution in [0.4, 0.5) is 4.79 Å². The summed E-state index contributed by atoms with van der Waals surface area (Å²) in [6.07, 6.45) is 1.69. The SMILES string of the molecule is O=C1S/C(=C\c2ccc(OCc3c(Cl)cccc3Cl)cc2)C(=O)N1CCOc1ccccc1. The van der Waals surface area contributed by atoms with Crippen LogP contribution in [0, 0.1) is 0 Å². The Balaban J connectivity index is 1.34. The lowest BCUT2D eigenvalue weighted by molar-refractivity contribution is -0.123. The van der Waals surface area contributed by atoms with E-state index in [2.05, 4.69) is 0 Å². The van der Waals surface area contributed by atoms with Crippen molar-refractivity contribution in [2.45, 2.75) is 6.61 Å². The molecule has 0 saturated carbocycles. The van der Waals surface area contributed by atoms with Crippen LogP contribution in [0.2, 0.25) is 10.0 Å². The highest BCUT2D eigenvalue weighted by atomic mass is 35.5. The van der Waals surface area contributed by atoms with Gasteiger partial charge in [0.05, 0.1) is 11.4 Å². The Morgan fingerprint density at radius 3 is 2.18 bits per heavy atom. The lowest BCUT2D eigenvalue weighted by Gasteiger charge is -2.13. The Morgan fingerprint density at radius 1 is 0.818 bits per heavy atom. The maximum Gasteiger partial charge on any atom is 0.293 e. The van der Waals surface area contributed by atoms with E-state index in [-0.39, 0.29) is 30.9 Å². The molecule has 168 valence electrons. The van der Waals surface area contributed by atoms with Crippen molar-refractivity contribution >= 4 is 52.2 Å². The third-order valence-corrected chi connectivity index (χ3v) is 6.44. The number of nitrogens with zero attached hydrogens (tertiary/aromatic N) is 1. The largest absolute Gasteiger partial charge is 0.492 e. The predicted molar refractivity (Wildman–Crippen MR) is 132 cm³/mol. The topological polar surface area (TPSA) is 55.8 Å². The molecule has 0 unspecified atom stereocenters. The standard InChI is InChI=1S/C25H19Cl2NO4S/c26-21-7-4-8-22(27)20(21)16-32-19-11-9-17(10-12-19)15-23-24(29)28(25(30)33-23)13-14-31-18-5-2-1-3-6-18/h1-12,15H,13-14,16H2/b23-15-. The van der Waals surface area contributed by atoms with Crippen molar-refractivity contribution in [3.8, 4) is 11.5 Å². The minimum atomic E-state index is -0.324. The van der Waals surface area contributed by atoms with Gasteiger partial charge in [0.15, 0.2) is 0 Å². The highest BCUT2D eigenvalue weighted by Crippen LogP contribution is 2.32. The summed E-state index contributed by atoms with van der Waals surface area (Å²) in [4.78, 5) is 26.5. The molecule has 4 rings (SSSR count). The molecule has 3 aromatic rings. The van der Waals surface area contributed by atoms with Crippen molar-refractivity contribution in [2.75, 3.05) is 13.2 Å². The predicted octanol–water partition coefficient (Wildman–Crippen LogP) is 6.69. The summed E-state index contributed by atoms with van der Waals surface area (Å²) in [5.41, 5.74) is 1.50. The zero-order valence-electron chi connectivity index (χ0n) is 17.4. The van der Waals surface area contributed by atoms with Gasteiger partial charge in [0, 0.05) is 15.6 Å². The minimum absolute atomic E-state index is 0.189. The van der Waals surface area contributed by atoms with Crippen molar-refractivity contribution in [3.05, 3.63) is 98.9 Å². The first-order valence-corrected chi connectivity index (χ1v) is 11.7. The normalized spacial score (nSPS) is 14.7. The molecule has 0 N–H and O–H groups in total. The summed E-state index contributed by atoms with van der Waals surface area (Å²) in [7, 11) is 0. The van der Waals surface area contributed by atoms with Crippen LogP contribution in [0.1, 0.15) is 11.1 Å². The van der Waals surface area contributed by atoms with E-state index >= 15 is 0 Å². The molecule has 0 aliphatic carbocycles. The van der Waals surface area contributed by atoms with E-state index in [1.165, 1.54) is 4.90 Å². The molecule has 33 heavy (non-hydrogen) atoms. The number of carbonyl (C=O) groups excluding carboxylic acids is 2. The Bertz CT molecular complexity index is 1160. The van der Waals surface area contributed by atoms with Gasteiger partial charge in [-0.05, 0) is 59.8 Å². The number of ether oxygens (including phenoxy) is 2. The average Bonchev–Trinajstić information content (AvgIpc) is 3.08. The van der Waals surface area contributed by atoms with Gasteiger partial charge in [0.25, 0.3) is 11.1 Å². The van der Waals surface area contributed by atoms with E-state index in [4.69, 9.17) is 32.7 Å². The molecule has 5 nitrogen and oxygen atoms in total. The Hall–Kier alpha value is -2.93. The highest BCUT2D eigenvalue weighted by molar-refractivity contribution is 8.18. The molecule has 1 fully saturated rings. The molecule has 1 aliphatic rings. The minimum Gasteiger partial charge on any atom is -0.492 e. The third kappa shape index (κ3) is 5.90. The van der Waals surface area contributed by atoms with Crippen LogP contribution < -0.4 is 9.47 Å². The number of carbonyl (C=O) groups is 2. The summed E-state index contributed by atoms with van der Waals surface area (Å²) in [6, 6.07) is 21.8. The van der Waals surface area contributed by atoms with Crippen molar-refractivity contribution in [2.24, 2.45) is 0 Å². The van der Waals surface area contributed by atoms with Crippen LogP contribution in [-0.4, -0.2) is 29.2 Å². The van der Waals surface area contributed by atoms with Gasteiger partial charge in [-0.1, -0.05) is 59.6 Å². The Kier molecular flexibility index (Phi) is 7.60. The molecule has 8 heteroatoms. The third-order valence-electron chi connectivity index (χ3n) is 4.82. The lowest BCUT2D eigenvalue weighted by atomic mass is 10.2. The number of hydrogen-bond donors (Lipinski definition) is 0. The monoisotopic (exact) mass is 499 g/mol. The molecule has 3 aromatic carbocycles. The molecule has 0 atom stereocenters. The van der Waals surface area contributed by atoms with Gasteiger partial charge in [-0.2, -0.15) is 0 Å². The van der Waals surface area contributed by atoms with Crippen LogP contribution in [-0.2, 0) is 11.4 Å². The van der Waals surface area contributed by atoms with E-state index in [0.717, 1.165) is 22.9 Å². The lowest BCUT2D eigenvalue weighted by Crippen LogP contribution is -2.32. The fraction of sp³-hybridized carbons (Fsp3) is 0.120. The molecule has 0 radical (unpaired) electrons. The van der Waals surface area contributed by atoms with Crippen LogP contribution in [0.5, 0.6) is 11.5 Å². The maximum atomic E-state index is 12.7. The van der Waals surface area contributed by atoms with Gasteiger partial charge in [0.2, 0.25) is 0 Å². The molecular formula is C25H19Cl2NO4S. The maximum absolute atomic E-state index is 12.7. The van der Waals surface area contributed by atoms with E-state index in [1.54, 1.807) is 36.4 Å². The number of imide groups is 1. The zero-order chi connectivity index (χ0) is 23.2. The van der Waals surface area contributed by atoms with Crippen LogP contribution in [0.25, 0.3) is 6.08 Å². The molecule has 2 amide bonds. The second kappa shape index (κ2) is 10.8. The van der Waals surface area contributed by atoms with Crippen molar-refractivity contribution in [1.82, 2.24) is 4.90 Å². The van der Waals surface area contributed by atoms with Gasteiger partial charge in [-0.25, -0.2) is 0 Å². The Labute approximate surface area is 205 Å². The fourth-order valence-electron chi connectivity index (χ4n) is 3.10. The summed E-state index contributed by atoms with van der Waals surface area (Å²) < 4.78 is 11.4. The van der Waals surface area contributed by atoms with Crippen LogP contribution in [0.15, 0.2) is 77.7 Å². The van der Waals surface area contributed by atoms with Gasteiger partial charge in [-0.15, -0.1) is 0 Å². The number of halogens is 2. The molecule has 1 heterocycles. The smallest absolute Gasteiger partial charge is 0.293 e. The summed E-state index contributed by atoms with van der Waals surface area (Å²) >= 11 is 13.3. The van der Waals surface area contributed by atoms with E-state index in [9.17, 15) is 9.59 Å². The Morgan fingerprint density at radius 2 is 1.48 bits per heavy atom. The summed E-state index contributed by atoms with van der Waals surface area (Å²) in [5, 5.41) is 0.785. The number of hydrogen-bond acceptors (Lipinski definition) is 5. The number of amides is 2. The van der Waals surface area contributed by atoms with Gasteiger partial charge in [-0.3, -0.25) is 14.5 Å². The summed E-state index contributed by atoms with van der Waals surface area (Å²) in [6.45, 7) is 0.660. The number of para-hydroxylation sites is 1. The first-order valence-electron chi connectivity index (χ1n) is 10.1.